The molecular weight excluding hydrogens is 228 g/mol. The molecule has 1 aromatic carbocycles. The van der Waals surface area contributed by atoms with Gasteiger partial charge >= 0.3 is 0 Å². The Bertz CT molecular complexity index is 563. The summed E-state index contributed by atoms with van der Waals surface area (Å²) in [5.74, 6) is 1.33. The molecule has 1 aromatic heterocycles. The summed E-state index contributed by atoms with van der Waals surface area (Å²) >= 11 is 0. The Balaban J connectivity index is 2.05. The zero-order chi connectivity index (χ0) is 12.5. The molecule has 94 valence electrons. The van der Waals surface area contributed by atoms with Gasteiger partial charge in [-0.15, -0.1) is 0 Å². The molecule has 0 bridgehead atoms. The number of aliphatic hydroxyl groups excluding tert-OH is 1. The number of fused-ring (bicyclic) bond motifs is 1. The van der Waals surface area contributed by atoms with E-state index in [-0.39, 0.29) is 18.3 Å². The zero-order valence-corrected chi connectivity index (χ0v) is 10.1. The number of rotatable bonds is 2. The molecule has 1 aliphatic rings. The molecule has 0 radical (unpaired) electrons. The lowest BCUT2D eigenvalue weighted by atomic mass is 9.99. The average molecular weight is 244 g/mol. The lowest BCUT2D eigenvalue weighted by Gasteiger charge is -2.24. The van der Waals surface area contributed by atoms with E-state index in [0.717, 1.165) is 30.8 Å². The Kier molecular flexibility index (Phi) is 2.80. The van der Waals surface area contributed by atoms with Crippen LogP contribution in [-0.4, -0.2) is 26.4 Å². The number of aliphatic hydroxyl groups is 1. The first-order valence-corrected chi connectivity index (χ1v) is 6.23. The number of nitrogens with zero attached hydrogens (tertiary/aromatic N) is 2. The van der Waals surface area contributed by atoms with Gasteiger partial charge in [0.15, 0.2) is 0 Å². The minimum Gasteiger partial charge on any atom is -0.507 e. The molecular formula is C14H16N2O2. The Labute approximate surface area is 106 Å². The fourth-order valence-corrected chi connectivity index (χ4v) is 2.54. The lowest BCUT2D eigenvalue weighted by molar-refractivity contribution is 0.192. The van der Waals surface area contributed by atoms with Gasteiger partial charge in [0.25, 0.3) is 0 Å². The van der Waals surface area contributed by atoms with Gasteiger partial charge in [-0.25, -0.2) is 4.98 Å². The number of aryl methyl sites for hydroxylation is 1. The normalized spacial score (nSPS) is 18.6. The number of benzene rings is 1. The summed E-state index contributed by atoms with van der Waals surface area (Å²) in [6.07, 6.45) is 3.81. The van der Waals surface area contributed by atoms with E-state index in [1.165, 1.54) is 5.69 Å². The van der Waals surface area contributed by atoms with Crippen LogP contribution in [0, 0.1) is 5.92 Å². The SMILES string of the molecule is OCC1CCc2cnc(-c3ccccc3O)n2C1. The highest BCUT2D eigenvalue weighted by atomic mass is 16.3. The van der Waals surface area contributed by atoms with Gasteiger partial charge in [-0.2, -0.15) is 0 Å². The second kappa shape index (κ2) is 4.46. The van der Waals surface area contributed by atoms with Gasteiger partial charge in [0.1, 0.15) is 11.6 Å². The first-order valence-electron chi connectivity index (χ1n) is 6.23. The molecule has 4 heteroatoms. The predicted molar refractivity (Wildman–Crippen MR) is 68.2 cm³/mol. The van der Waals surface area contributed by atoms with Crippen molar-refractivity contribution in [2.75, 3.05) is 6.61 Å². The Morgan fingerprint density at radius 2 is 2.17 bits per heavy atom. The minimum atomic E-state index is 0.206. The number of phenolic OH excluding ortho intramolecular Hbond substituents is 1. The van der Waals surface area contributed by atoms with E-state index in [9.17, 15) is 10.2 Å². The molecule has 0 saturated carbocycles. The molecule has 2 N–H and O–H groups in total. The fourth-order valence-electron chi connectivity index (χ4n) is 2.54. The van der Waals surface area contributed by atoms with Crippen LogP contribution in [-0.2, 0) is 13.0 Å². The molecule has 0 saturated heterocycles. The van der Waals surface area contributed by atoms with Gasteiger partial charge in [-0.3, -0.25) is 0 Å². The molecule has 0 amide bonds. The van der Waals surface area contributed by atoms with Gasteiger partial charge in [0.05, 0.1) is 5.56 Å². The van der Waals surface area contributed by atoms with Crippen molar-refractivity contribution in [2.24, 2.45) is 5.92 Å². The molecule has 18 heavy (non-hydrogen) atoms. The van der Waals surface area contributed by atoms with E-state index in [0.29, 0.717) is 0 Å². The summed E-state index contributed by atoms with van der Waals surface area (Å²) in [7, 11) is 0. The largest absolute Gasteiger partial charge is 0.507 e. The van der Waals surface area contributed by atoms with Gasteiger partial charge in [-0.1, -0.05) is 12.1 Å². The maximum absolute atomic E-state index is 9.90. The number of aromatic nitrogens is 2. The van der Waals surface area contributed by atoms with Crippen LogP contribution in [0.2, 0.25) is 0 Å². The third kappa shape index (κ3) is 1.78. The van der Waals surface area contributed by atoms with E-state index in [1.54, 1.807) is 12.1 Å². The van der Waals surface area contributed by atoms with Gasteiger partial charge < -0.3 is 14.8 Å². The number of hydrogen-bond donors (Lipinski definition) is 2. The molecule has 1 aliphatic heterocycles. The van der Waals surface area contributed by atoms with Crippen molar-refractivity contribution in [3.8, 4) is 17.1 Å². The number of hydrogen-bond acceptors (Lipinski definition) is 3. The number of aromatic hydroxyl groups is 1. The van der Waals surface area contributed by atoms with E-state index >= 15 is 0 Å². The van der Waals surface area contributed by atoms with Crippen LogP contribution >= 0.6 is 0 Å². The zero-order valence-electron chi connectivity index (χ0n) is 10.1. The van der Waals surface area contributed by atoms with E-state index in [1.807, 2.05) is 18.3 Å². The highest BCUT2D eigenvalue weighted by Crippen LogP contribution is 2.31. The van der Waals surface area contributed by atoms with Crippen LogP contribution in [0.15, 0.2) is 30.5 Å². The Morgan fingerprint density at radius 1 is 1.33 bits per heavy atom. The summed E-state index contributed by atoms with van der Waals surface area (Å²) in [6, 6.07) is 7.23. The molecule has 2 heterocycles. The minimum absolute atomic E-state index is 0.206. The number of para-hydroxylation sites is 1. The third-order valence-corrected chi connectivity index (χ3v) is 3.59. The van der Waals surface area contributed by atoms with E-state index in [4.69, 9.17) is 0 Å². The number of imidazole rings is 1. The highest BCUT2D eigenvalue weighted by Gasteiger charge is 2.22. The Morgan fingerprint density at radius 3 is 2.94 bits per heavy atom. The van der Waals surface area contributed by atoms with Crippen molar-refractivity contribution in [1.29, 1.82) is 0 Å². The maximum Gasteiger partial charge on any atom is 0.143 e. The van der Waals surface area contributed by atoms with Crippen LogP contribution in [0.5, 0.6) is 5.75 Å². The summed E-state index contributed by atoms with van der Waals surface area (Å²) in [5.41, 5.74) is 1.93. The van der Waals surface area contributed by atoms with Crippen molar-refractivity contribution >= 4 is 0 Å². The topological polar surface area (TPSA) is 58.3 Å². The van der Waals surface area contributed by atoms with Crippen molar-refractivity contribution < 1.29 is 10.2 Å². The molecule has 4 nitrogen and oxygen atoms in total. The standard InChI is InChI=1S/C14H16N2O2/c17-9-10-5-6-11-7-15-14(16(11)8-10)12-3-1-2-4-13(12)18/h1-4,7,10,17-18H,5-6,8-9H2. The first kappa shape index (κ1) is 11.3. The van der Waals surface area contributed by atoms with E-state index in [2.05, 4.69) is 9.55 Å². The monoisotopic (exact) mass is 244 g/mol. The van der Waals surface area contributed by atoms with Crippen molar-refractivity contribution in [1.82, 2.24) is 9.55 Å². The van der Waals surface area contributed by atoms with Gasteiger partial charge in [0.2, 0.25) is 0 Å². The number of phenols is 1. The van der Waals surface area contributed by atoms with Gasteiger partial charge in [-0.05, 0) is 25.0 Å². The van der Waals surface area contributed by atoms with Crippen LogP contribution < -0.4 is 0 Å². The average Bonchev–Trinajstić information content (AvgIpc) is 2.82. The highest BCUT2D eigenvalue weighted by molar-refractivity contribution is 5.64. The van der Waals surface area contributed by atoms with Crippen LogP contribution in [0.4, 0.5) is 0 Å². The predicted octanol–water partition coefficient (Wildman–Crippen LogP) is 1.81. The smallest absolute Gasteiger partial charge is 0.143 e. The summed E-state index contributed by atoms with van der Waals surface area (Å²) in [5, 5.41) is 19.2. The Hall–Kier alpha value is -1.81. The molecule has 1 atom stereocenters. The van der Waals surface area contributed by atoms with Crippen molar-refractivity contribution in [2.45, 2.75) is 19.4 Å². The maximum atomic E-state index is 9.90. The third-order valence-electron chi connectivity index (χ3n) is 3.59. The fraction of sp³-hybridized carbons (Fsp3) is 0.357. The second-order valence-corrected chi connectivity index (χ2v) is 4.79. The second-order valence-electron chi connectivity index (χ2n) is 4.79. The molecule has 2 aromatic rings. The quantitative estimate of drug-likeness (QED) is 0.847. The summed E-state index contributed by atoms with van der Waals surface area (Å²) in [6.45, 7) is 0.979. The molecule has 3 rings (SSSR count). The van der Waals surface area contributed by atoms with Gasteiger partial charge in [0, 0.05) is 31.0 Å². The molecule has 0 aliphatic carbocycles. The molecule has 0 spiro atoms. The summed E-state index contributed by atoms with van der Waals surface area (Å²) < 4.78 is 2.11. The van der Waals surface area contributed by atoms with Crippen molar-refractivity contribution in [3.63, 3.8) is 0 Å². The molecule has 1 unspecified atom stereocenters. The van der Waals surface area contributed by atoms with E-state index < -0.39 is 0 Å². The van der Waals surface area contributed by atoms with Crippen LogP contribution in [0.1, 0.15) is 12.1 Å². The summed E-state index contributed by atoms with van der Waals surface area (Å²) in [4.78, 5) is 4.42. The van der Waals surface area contributed by atoms with Crippen LogP contribution in [0.25, 0.3) is 11.4 Å². The van der Waals surface area contributed by atoms with Crippen molar-refractivity contribution in [3.05, 3.63) is 36.2 Å². The van der Waals surface area contributed by atoms with Crippen LogP contribution in [0.3, 0.4) is 0 Å². The first-order chi connectivity index (χ1) is 8.79. The lowest BCUT2D eigenvalue weighted by Crippen LogP contribution is -2.23. The molecule has 0 fully saturated rings.